The maximum atomic E-state index is 12.7. The average Bonchev–Trinajstić information content (AvgIpc) is 3.41. The third-order valence-corrected chi connectivity index (χ3v) is 4.88. The highest BCUT2D eigenvalue weighted by molar-refractivity contribution is 5.76. The fraction of sp³-hybridized carbons (Fsp3) is 0.500. The molecular weight excluding hydrogens is 361 g/mol. The van der Waals surface area contributed by atoms with Crippen LogP contribution in [0.25, 0.3) is 0 Å². The zero-order valence-electron chi connectivity index (χ0n) is 14.5. The molecule has 2 heterocycles. The lowest BCUT2D eigenvalue weighted by Crippen LogP contribution is -2.43. The monoisotopic (exact) mass is 380 g/mol. The molecule has 1 aliphatic carbocycles. The minimum Gasteiger partial charge on any atom is -0.370 e. The third kappa shape index (κ3) is 4.13. The Morgan fingerprint density at radius 3 is 2.63 bits per heavy atom. The lowest BCUT2D eigenvalue weighted by molar-refractivity contribution is -0.139. The molecule has 0 N–H and O–H groups in total. The number of rotatable bonds is 4. The van der Waals surface area contributed by atoms with Crippen molar-refractivity contribution in [3.8, 4) is 0 Å². The van der Waals surface area contributed by atoms with Gasteiger partial charge in [0.2, 0.25) is 5.91 Å². The van der Waals surface area contributed by atoms with Gasteiger partial charge in [-0.2, -0.15) is 13.2 Å². The summed E-state index contributed by atoms with van der Waals surface area (Å²) in [4.78, 5) is 14.2. The van der Waals surface area contributed by atoms with E-state index >= 15 is 0 Å². The minimum atomic E-state index is -4.37. The Morgan fingerprint density at radius 1 is 1.22 bits per heavy atom. The van der Waals surface area contributed by atoms with Gasteiger partial charge < -0.3 is 9.64 Å². The van der Waals surface area contributed by atoms with Crippen LogP contribution in [0, 0.1) is 0 Å². The van der Waals surface area contributed by atoms with E-state index in [1.807, 2.05) is 6.20 Å². The molecule has 4 rings (SSSR count). The van der Waals surface area contributed by atoms with Gasteiger partial charge in [0.05, 0.1) is 24.4 Å². The van der Waals surface area contributed by atoms with Crippen molar-refractivity contribution in [2.75, 3.05) is 19.7 Å². The van der Waals surface area contributed by atoms with E-state index in [-0.39, 0.29) is 12.5 Å². The van der Waals surface area contributed by atoms with Gasteiger partial charge >= 0.3 is 6.18 Å². The summed E-state index contributed by atoms with van der Waals surface area (Å²) in [5.41, 5.74) is 0.845. The number of carbonyl (C=O) groups is 1. The Hall–Kier alpha value is -2.42. The van der Waals surface area contributed by atoms with Gasteiger partial charge in [0.15, 0.2) is 0 Å². The number of hydrogen-bond donors (Lipinski definition) is 0. The number of ether oxygens (including phenoxy) is 1. The van der Waals surface area contributed by atoms with Crippen LogP contribution in [0.4, 0.5) is 13.2 Å². The van der Waals surface area contributed by atoms with Crippen LogP contribution in [0.1, 0.15) is 41.7 Å². The lowest BCUT2D eigenvalue weighted by atomic mass is 10.1. The number of carbonyl (C=O) groups excluding carboxylic acids is 1. The maximum Gasteiger partial charge on any atom is 0.416 e. The summed E-state index contributed by atoms with van der Waals surface area (Å²) < 4.78 is 45.3. The molecule has 1 saturated heterocycles. The molecule has 2 fully saturated rings. The molecule has 9 heteroatoms. The van der Waals surface area contributed by atoms with Crippen molar-refractivity contribution < 1.29 is 22.7 Å². The topological polar surface area (TPSA) is 60.2 Å². The molecule has 6 nitrogen and oxygen atoms in total. The number of hydrogen-bond acceptors (Lipinski definition) is 4. The van der Waals surface area contributed by atoms with Gasteiger partial charge in [0.25, 0.3) is 0 Å². The summed E-state index contributed by atoms with van der Waals surface area (Å²) in [5.74, 6) is 0.365. The van der Waals surface area contributed by atoms with E-state index in [4.69, 9.17) is 4.74 Å². The second kappa shape index (κ2) is 6.95. The predicted molar refractivity (Wildman–Crippen MR) is 88.7 cm³/mol. The molecule has 0 bridgehead atoms. The van der Waals surface area contributed by atoms with Crippen LogP contribution in [0.5, 0.6) is 0 Å². The van der Waals surface area contributed by atoms with Gasteiger partial charge in [0.1, 0.15) is 12.6 Å². The van der Waals surface area contributed by atoms with E-state index in [9.17, 15) is 18.0 Å². The average molecular weight is 380 g/mol. The van der Waals surface area contributed by atoms with Crippen LogP contribution in [-0.4, -0.2) is 45.5 Å². The highest BCUT2D eigenvalue weighted by Gasteiger charge is 2.31. The largest absolute Gasteiger partial charge is 0.416 e. The SMILES string of the molecule is O=C(Cn1cc(C2CC2)nn1)N1CCOC(c2ccc(C(F)(F)F)cc2)C1. The van der Waals surface area contributed by atoms with Crippen LogP contribution < -0.4 is 0 Å². The Bertz CT molecular complexity index is 815. The molecular formula is C18H19F3N4O2. The first-order valence-electron chi connectivity index (χ1n) is 8.87. The summed E-state index contributed by atoms with van der Waals surface area (Å²) in [6.45, 7) is 1.18. The quantitative estimate of drug-likeness (QED) is 0.819. The van der Waals surface area contributed by atoms with Gasteiger partial charge in [-0.25, -0.2) is 4.68 Å². The highest BCUT2D eigenvalue weighted by atomic mass is 19.4. The lowest BCUT2D eigenvalue weighted by Gasteiger charge is -2.33. The van der Waals surface area contributed by atoms with E-state index in [2.05, 4.69) is 10.3 Å². The number of alkyl halides is 3. The second-order valence-electron chi connectivity index (χ2n) is 6.93. The standard InChI is InChI=1S/C18H19F3N4O2/c19-18(20,21)14-5-3-13(4-6-14)16-10-24(7-8-27-16)17(26)11-25-9-15(22-23-25)12-1-2-12/h3-6,9,12,16H,1-2,7-8,10-11H2. The Labute approximate surface area is 153 Å². The summed E-state index contributed by atoms with van der Waals surface area (Å²) in [7, 11) is 0. The number of amides is 1. The van der Waals surface area contributed by atoms with Crippen LogP contribution in [0.3, 0.4) is 0 Å². The highest BCUT2D eigenvalue weighted by Crippen LogP contribution is 2.38. The summed E-state index contributed by atoms with van der Waals surface area (Å²) in [6, 6.07) is 4.88. The van der Waals surface area contributed by atoms with Crippen molar-refractivity contribution in [1.29, 1.82) is 0 Å². The van der Waals surface area contributed by atoms with Gasteiger partial charge in [0, 0.05) is 18.7 Å². The predicted octanol–water partition coefficient (Wildman–Crippen LogP) is 2.77. The normalized spacial score (nSPS) is 20.7. The number of benzene rings is 1. The smallest absolute Gasteiger partial charge is 0.370 e. The molecule has 1 amide bonds. The Balaban J connectivity index is 1.38. The van der Waals surface area contributed by atoms with Gasteiger partial charge in [-0.15, -0.1) is 5.10 Å². The zero-order valence-corrected chi connectivity index (χ0v) is 14.5. The summed E-state index contributed by atoms with van der Waals surface area (Å²) >= 11 is 0. The van der Waals surface area contributed by atoms with Crippen LogP contribution >= 0.6 is 0 Å². The first-order chi connectivity index (χ1) is 12.9. The molecule has 1 atom stereocenters. The number of halogens is 3. The molecule has 27 heavy (non-hydrogen) atoms. The Kier molecular flexibility index (Phi) is 4.63. The molecule has 1 aliphatic heterocycles. The van der Waals surface area contributed by atoms with Gasteiger partial charge in [-0.3, -0.25) is 4.79 Å². The molecule has 2 aromatic rings. The minimum absolute atomic E-state index is 0.0967. The molecule has 2 aliphatic rings. The number of morpholine rings is 1. The molecule has 1 saturated carbocycles. The number of nitrogens with zero attached hydrogens (tertiary/aromatic N) is 4. The summed E-state index contributed by atoms with van der Waals surface area (Å²) in [6.07, 6.45) is -0.771. The molecule has 1 aromatic heterocycles. The molecule has 0 spiro atoms. The second-order valence-corrected chi connectivity index (χ2v) is 6.93. The van der Waals surface area contributed by atoms with Crippen molar-refractivity contribution >= 4 is 5.91 Å². The van der Waals surface area contributed by atoms with E-state index in [1.165, 1.54) is 12.1 Å². The number of aromatic nitrogens is 3. The molecule has 1 aromatic carbocycles. The zero-order chi connectivity index (χ0) is 19.0. The van der Waals surface area contributed by atoms with Crippen molar-refractivity contribution in [3.63, 3.8) is 0 Å². The molecule has 1 unspecified atom stereocenters. The van der Waals surface area contributed by atoms with Crippen LogP contribution in [0.15, 0.2) is 30.5 Å². The van der Waals surface area contributed by atoms with Crippen molar-refractivity contribution in [1.82, 2.24) is 19.9 Å². The summed E-state index contributed by atoms with van der Waals surface area (Å²) in [5, 5.41) is 8.10. The fourth-order valence-electron chi connectivity index (χ4n) is 3.16. The fourth-order valence-corrected chi connectivity index (χ4v) is 3.16. The van der Waals surface area contributed by atoms with E-state index < -0.39 is 17.8 Å². The first-order valence-corrected chi connectivity index (χ1v) is 8.87. The van der Waals surface area contributed by atoms with Crippen molar-refractivity contribution in [2.45, 2.75) is 37.6 Å². The Morgan fingerprint density at radius 2 is 1.96 bits per heavy atom. The van der Waals surface area contributed by atoms with E-state index in [0.717, 1.165) is 30.7 Å². The van der Waals surface area contributed by atoms with Gasteiger partial charge in [-0.1, -0.05) is 17.3 Å². The van der Waals surface area contributed by atoms with E-state index in [0.29, 0.717) is 31.2 Å². The molecule has 0 radical (unpaired) electrons. The van der Waals surface area contributed by atoms with Crippen LogP contribution in [-0.2, 0) is 22.3 Å². The first kappa shape index (κ1) is 18.0. The van der Waals surface area contributed by atoms with Crippen LogP contribution in [0.2, 0.25) is 0 Å². The maximum absolute atomic E-state index is 12.7. The molecule has 144 valence electrons. The van der Waals surface area contributed by atoms with E-state index in [1.54, 1.807) is 9.58 Å². The van der Waals surface area contributed by atoms with Gasteiger partial charge in [-0.05, 0) is 30.5 Å². The van der Waals surface area contributed by atoms with Crippen molar-refractivity contribution in [3.05, 3.63) is 47.3 Å². The van der Waals surface area contributed by atoms with Crippen molar-refractivity contribution in [2.24, 2.45) is 0 Å². The third-order valence-electron chi connectivity index (χ3n) is 4.88.